The van der Waals surface area contributed by atoms with E-state index in [0.29, 0.717) is 25.4 Å². The summed E-state index contributed by atoms with van der Waals surface area (Å²) in [5.41, 5.74) is 1.13. The molecule has 2 aromatic rings. The summed E-state index contributed by atoms with van der Waals surface area (Å²) in [6.07, 6.45) is 2.32. The third-order valence-electron chi connectivity index (χ3n) is 4.03. The number of oxazole rings is 1. The Balaban J connectivity index is 1.68. The highest BCUT2D eigenvalue weighted by atomic mass is 16.4. The van der Waals surface area contributed by atoms with E-state index in [1.54, 1.807) is 13.2 Å². The number of carboxylic acid groups (broad SMARTS) is 1. The molecule has 0 amide bonds. The molecule has 0 saturated carbocycles. The van der Waals surface area contributed by atoms with Crippen LogP contribution in [0.25, 0.3) is 11.5 Å². The van der Waals surface area contributed by atoms with Crippen LogP contribution < -0.4 is 0 Å². The molecule has 5 nitrogen and oxygen atoms in total. The first kappa shape index (κ1) is 13.8. The van der Waals surface area contributed by atoms with E-state index in [1.165, 1.54) is 0 Å². The van der Waals surface area contributed by atoms with Gasteiger partial charge in [-0.05, 0) is 32.0 Å². The molecule has 110 valence electrons. The molecule has 1 aromatic carbocycles. The normalized spacial score (nSPS) is 22.5. The molecule has 1 saturated heterocycles. The van der Waals surface area contributed by atoms with E-state index in [9.17, 15) is 9.90 Å². The van der Waals surface area contributed by atoms with Crippen LogP contribution in [0.5, 0.6) is 0 Å². The van der Waals surface area contributed by atoms with Gasteiger partial charge in [0.2, 0.25) is 5.89 Å². The summed E-state index contributed by atoms with van der Waals surface area (Å²) in [7, 11) is 0. The predicted octanol–water partition coefficient (Wildman–Crippen LogP) is 2.64. The number of aromatic nitrogens is 1. The van der Waals surface area contributed by atoms with Crippen LogP contribution in [-0.4, -0.2) is 34.0 Å². The van der Waals surface area contributed by atoms with Crippen molar-refractivity contribution in [1.29, 1.82) is 0 Å². The Bertz CT molecular complexity index is 638. The number of aliphatic carboxylic acids is 1. The molecule has 5 heteroatoms. The third kappa shape index (κ3) is 2.83. The summed E-state index contributed by atoms with van der Waals surface area (Å²) in [5, 5.41) is 9.25. The summed E-state index contributed by atoms with van der Waals surface area (Å²) >= 11 is 0. The summed E-state index contributed by atoms with van der Waals surface area (Å²) in [6.45, 7) is 3.75. The molecule has 1 aromatic heterocycles. The van der Waals surface area contributed by atoms with Gasteiger partial charge in [0.05, 0.1) is 11.1 Å². The smallest absolute Gasteiger partial charge is 0.310 e. The van der Waals surface area contributed by atoms with Crippen molar-refractivity contribution in [3.63, 3.8) is 0 Å². The van der Waals surface area contributed by atoms with Gasteiger partial charge in [-0.15, -0.1) is 0 Å². The maximum atomic E-state index is 11.2. The number of nitrogens with zero attached hydrogens (tertiary/aromatic N) is 2. The number of carbonyl (C=O) groups is 1. The Morgan fingerprint density at radius 2 is 2.19 bits per heavy atom. The molecule has 2 heterocycles. The lowest BCUT2D eigenvalue weighted by Gasteiger charge is -2.19. The highest BCUT2D eigenvalue weighted by Gasteiger charge is 2.40. The Hall–Kier alpha value is -2.14. The van der Waals surface area contributed by atoms with Gasteiger partial charge < -0.3 is 9.52 Å². The van der Waals surface area contributed by atoms with Crippen LogP contribution in [0.1, 0.15) is 19.0 Å². The van der Waals surface area contributed by atoms with Crippen molar-refractivity contribution in [2.75, 3.05) is 13.1 Å². The molecule has 0 radical (unpaired) electrons. The Labute approximate surface area is 123 Å². The van der Waals surface area contributed by atoms with Crippen LogP contribution in [0.3, 0.4) is 0 Å². The van der Waals surface area contributed by atoms with E-state index in [0.717, 1.165) is 17.8 Å². The molecule has 1 aliphatic heterocycles. The van der Waals surface area contributed by atoms with E-state index >= 15 is 0 Å². The number of likely N-dealkylation sites (tertiary alicyclic amines) is 1. The summed E-state index contributed by atoms with van der Waals surface area (Å²) in [5.74, 6) is -0.124. The predicted molar refractivity (Wildman–Crippen MR) is 77.6 cm³/mol. The summed E-state index contributed by atoms with van der Waals surface area (Å²) in [4.78, 5) is 17.8. The van der Waals surface area contributed by atoms with Crippen LogP contribution in [0.2, 0.25) is 0 Å². The van der Waals surface area contributed by atoms with Crippen LogP contribution in [0, 0.1) is 5.41 Å². The molecule has 0 unspecified atom stereocenters. The van der Waals surface area contributed by atoms with Gasteiger partial charge >= 0.3 is 5.97 Å². The minimum absolute atomic E-state index is 0.551. The maximum absolute atomic E-state index is 11.2. The number of benzene rings is 1. The van der Waals surface area contributed by atoms with Crippen molar-refractivity contribution >= 4 is 5.97 Å². The van der Waals surface area contributed by atoms with Gasteiger partial charge in [-0.25, -0.2) is 4.98 Å². The van der Waals surface area contributed by atoms with Crippen LogP contribution in [0.15, 0.2) is 41.0 Å². The first-order valence-electron chi connectivity index (χ1n) is 7.02. The Morgan fingerprint density at radius 1 is 1.43 bits per heavy atom. The molecular formula is C16H18N2O3. The number of rotatable bonds is 4. The fourth-order valence-corrected chi connectivity index (χ4v) is 2.69. The highest BCUT2D eigenvalue weighted by molar-refractivity contribution is 5.74. The van der Waals surface area contributed by atoms with Gasteiger partial charge in [-0.1, -0.05) is 18.2 Å². The molecule has 1 fully saturated rings. The summed E-state index contributed by atoms with van der Waals surface area (Å²) < 4.78 is 5.51. The van der Waals surface area contributed by atoms with Gasteiger partial charge in [0.25, 0.3) is 0 Å². The first-order valence-corrected chi connectivity index (χ1v) is 7.02. The topological polar surface area (TPSA) is 66.6 Å². The van der Waals surface area contributed by atoms with E-state index in [2.05, 4.69) is 9.88 Å². The largest absolute Gasteiger partial charge is 0.481 e. The van der Waals surface area contributed by atoms with Crippen LogP contribution in [-0.2, 0) is 11.3 Å². The van der Waals surface area contributed by atoms with Gasteiger partial charge in [-0.2, -0.15) is 0 Å². The third-order valence-corrected chi connectivity index (χ3v) is 4.03. The highest BCUT2D eigenvalue weighted by Crippen LogP contribution is 2.31. The van der Waals surface area contributed by atoms with E-state index in [-0.39, 0.29) is 0 Å². The fraction of sp³-hybridized carbons (Fsp3) is 0.375. The lowest BCUT2D eigenvalue weighted by atomic mass is 9.90. The number of hydrogen-bond acceptors (Lipinski definition) is 4. The zero-order valence-electron chi connectivity index (χ0n) is 12.0. The average molecular weight is 286 g/mol. The molecule has 3 rings (SSSR count). The molecule has 21 heavy (non-hydrogen) atoms. The zero-order valence-corrected chi connectivity index (χ0v) is 12.0. The lowest BCUT2D eigenvalue weighted by molar-refractivity contribution is -0.147. The van der Waals surface area contributed by atoms with E-state index in [1.807, 2.05) is 30.3 Å². The van der Waals surface area contributed by atoms with Crippen LogP contribution in [0.4, 0.5) is 0 Å². The molecule has 1 aliphatic rings. The van der Waals surface area contributed by atoms with Crippen LogP contribution >= 0.6 is 0 Å². The maximum Gasteiger partial charge on any atom is 0.310 e. The van der Waals surface area contributed by atoms with Gasteiger partial charge in [0.15, 0.2) is 0 Å². The van der Waals surface area contributed by atoms with Crippen molar-refractivity contribution in [3.05, 3.63) is 42.3 Å². The average Bonchev–Trinajstić information content (AvgIpc) is 3.08. The number of hydrogen-bond donors (Lipinski definition) is 1. The summed E-state index contributed by atoms with van der Waals surface area (Å²) in [6, 6.07) is 9.74. The molecular weight excluding hydrogens is 268 g/mol. The second-order valence-corrected chi connectivity index (χ2v) is 5.84. The standard InChI is InChI=1S/C16H18N2O3/c1-16(15(19)20)7-8-18(11-16)9-13-10-21-14(17-13)12-5-3-2-4-6-12/h2-6,10H,7-9,11H2,1H3,(H,19,20)/t16-/m1/s1. The second kappa shape index (κ2) is 5.33. The van der Waals surface area contributed by atoms with Gasteiger partial charge in [0, 0.05) is 18.7 Å². The second-order valence-electron chi connectivity index (χ2n) is 5.84. The fourth-order valence-electron chi connectivity index (χ4n) is 2.69. The molecule has 0 spiro atoms. The quantitative estimate of drug-likeness (QED) is 0.936. The van der Waals surface area contributed by atoms with Crippen molar-refractivity contribution in [2.24, 2.45) is 5.41 Å². The zero-order chi connectivity index (χ0) is 14.9. The Morgan fingerprint density at radius 3 is 2.86 bits per heavy atom. The van der Waals surface area contributed by atoms with Gasteiger partial charge in [0.1, 0.15) is 6.26 Å². The number of carboxylic acids is 1. The van der Waals surface area contributed by atoms with Crippen molar-refractivity contribution in [3.8, 4) is 11.5 Å². The van der Waals surface area contributed by atoms with Crippen molar-refractivity contribution < 1.29 is 14.3 Å². The monoisotopic (exact) mass is 286 g/mol. The SMILES string of the molecule is C[C@@]1(C(=O)O)CCN(Cc2coc(-c3ccccc3)n2)C1. The molecule has 0 aliphatic carbocycles. The Kier molecular flexibility index (Phi) is 3.51. The van der Waals surface area contributed by atoms with Crippen molar-refractivity contribution in [1.82, 2.24) is 9.88 Å². The van der Waals surface area contributed by atoms with E-state index < -0.39 is 11.4 Å². The van der Waals surface area contributed by atoms with Gasteiger partial charge in [-0.3, -0.25) is 9.69 Å². The molecule has 1 N–H and O–H groups in total. The van der Waals surface area contributed by atoms with Crippen molar-refractivity contribution in [2.45, 2.75) is 19.9 Å². The molecule has 1 atom stereocenters. The lowest BCUT2D eigenvalue weighted by Crippen LogP contribution is -2.31. The molecule has 0 bridgehead atoms. The minimum atomic E-state index is -0.727. The first-order chi connectivity index (χ1) is 10.1. The minimum Gasteiger partial charge on any atom is -0.481 e. The van der Waals surface area contributed by atoms with E-state index in [4.69, 9.17) is 4.42 Å².